The van der Waals surface area contributed by atoms with E-state index >= 15 is 0 Å². The SMILES string of the molecule is Cc1cccc(-c2n[nH]c(=S)n2CCC(=O)N2CCCC2c2ccccc2)c1. The molecule has 28 heavy (non-hydrogen) atoms. The zero-order valence-electron chi connectivity index (χ0n) is 16.0. The molecule has 0 radical (unpaired) electrons. The van der Waals surface area contributed by atoms with Crippen LogP contribution in [0.2, 0.25) is 0 Å². The molecule has 1 aliphatic rings. The quantitative estimate of drug-likeness (QED) is 0.642. The molecule has 0 saturated carbocycles. The van der Waals surface area contributed by atoms with Crippen molar-refractivity contribution in [2.75, 3.05) is 6.54 Å². The predicted molar refractivity (Wildman–Crippen MR) is 112 cm³/mol. The number of rotatable bonds is 5. The number of benzene rings is 2. The fourth-order valence-electron chi connectivity index (χ4n) is 3.97. The first-order valence-corrected chi connectivity index (χ1v) is 10.1. The number of aromatic amines is 1. The topological polar surface area (TPSA) is 53.9 Å². The number of H-pyrrole nitrogens is 1. The van der Waals surface area contributed by atoms with Gasteiger partial charge in [-0.3, -0.25) is 14.5 Å². The molecule has 1 amide bonds. The number of carbonyl (C=O) groups is 1. The number of aromatic nitrogens is 3. The first-order valence-electron chi connectivity index (χ1n) is 9.70. The van der Waals surface area contributed by atoms with Crippen LogP contribution in [-0.2, 0) is 11.3 Å². The molecule has 2 aromatic carbocycles. The van der Waals surface area contributed by atoms with Gasteiger partial charge in [0.15, 0.2) is 10.6 Å². The average molecular weight is 393 g/mol. The molecule has 0 bridgehead atoms. The van der Waals surface area contributed by atoms with E-state index in [1.807, 2.05) is 39.8 Å². The van der Waals surface area contributed by atoms with Crippen LogP contribution in [0.5, 0.6) is 0 Å². The standard InChI is InChI=1S/C22H24N4OS/c1-16-7-5-10-18(15-16)21-23-24-22(28)26(21)14-12-20(27)25-13-6-11-19(25)17-8-3-2-4-9-17/h2-5,7-10,15,19H,6,11-14H2,1H3,(H,24,28). The number of nitrogens with one attached hydrogen (secondary N) is 1. The Labute approximate surface area is 170 Å². The fraction of sp³-hybridized carbons (Fsp3) is 0.318. The Kier molecular flexibility index (Phi) is 5.39. The third-order valence-electron chi connectivity index (χ3n) is 5.34. The summed E-state index contributed by atoms with van der Waals surface area (Å²) >= 11 is 5.41. The van der Waals surface area contributed by atoms with Gasteiger partial charge in [0.1, 0.15) is 0 Å². The third-order valence-corrected chi connectivity index (χ3v) is 5.65. The molecule has 4 rings (SSSR count). The number of likely N-dealkylation sites (tertiary alicyclic amines) is 1. The van der Waals surface area contributed by atoms with Crippen molar-refractivity contribution < 1.29 is 4.79 Å². The van der Waals surface area contributed by atoms with Crippen LogP contribution in [0.3, 0.4) is 0 Å². The van der Waals surface area contributed by atoms with E-state index in [2.05, 4.69) is 41.4 Å². The van der Waals surface area contributed by atoms with Gasteiger partial charge in [0.2, 0.25) is 5.91 Å². The van der Waals surface area contributed by atoms with Gasteiger partial charge in [0.25, 0.3) is 0 Å². The van der Waals surface area contributed by atoms with Crippen LogP contribution in [0.25, 0.3) is 11.4 Å². The van der Waals surface area contributed by atoms with E-state index in [1.165, 1.54) is 5.56 Å². The van der Waals surface area contributed by atoms with Crippen molar-refractivity contribution in [3.05, 3.63) is 70.5 Å². The summed E-state index contributed by atoms with van der Waals surface area (Å²) in [7, 11) is 0. The molecular weight excluding hydrogens is 368 g/mol. The van der Waals surface area contributed by atoms with Gasteiger partial charge in [0.05, 0.1) is 6.04 Å². The minimum Gasteiger partial charge on any atom is -0.336 e. The highest BCUT2D eigenvalue weighted by Gasteiger charge is 2.29. The Morgan fingerprint density at radius 2 is 2.04 bits per heavy atom. The van der Waals surface area contributed by atoms with Crippen LogP contribution in [0.15, 0.2) is 54.6 Å². The molecule has 0 aliphatic carbocycles. The van der Waals surface area contributed by atoms with Crippen LogP contribution in [-0.4, -0.2) is 32.1 Å². The van der Waals surface area contributed by atoms with Crippen LogP contribution in [0, 0.1) is 11.7 Å². The number of amides is 1. The Morgan fingerprint density at radius 1 is 1.21 bits per heavy atom. The molecule has 2 heterocycles. The average Bonchev–Trinajstić information content (AvgIpc) is 3.34. The van der Waals surface area contributed by atoms with Crippen LogP contribution in [0.1, 0.15) is 36.4 Å². The Balaban J connectivity index is 1.50. The molecule has 1 unspecified atom stereocenters. The third kappa shape index (κ3) is 3.78. The molecule has 5 nitrogen and oxygen atoms in total. The molecule has 1 N–H and O–H groups in total. The van der Waals surface area contributed by atoms with E-state index in [0.717, 1.165) is 36.3 Å². The second kappa shape index (κ2) is 8.10. The maximum atomic E-state index is 13.0. The molecule has 1 aromatic heterocycles. The Bertz CT molecular complexity index is 1020. The molecule has 6 heteroatoms. The summed E-state index contributed by atoms with van der Waals surface area (Å²) in [6, 6.07) is 18.6. The van der Waals surface area contributed by atoms with E-state index in [1.54, 1.807) is 0 Å². The summed E-state index contributed by atoms with van der Waals surface area (Å²) in [5.74, 6) is 0.951. The maximum Gasteiger partial charge on any atom is 0.224 e. The highest BCUT2D eigenvalue weighted by atomic mass is 32.1. The zero-order chi connectivity index (χ0) is 19.5. The first kappa shape index (κ1) is 18.6. The maximum absolute atomic E-state index is 13.0. The van der Waals surface area contributed by atoms with Gasteiger partial charge in [-0.15, -0.1) is 0 Å². The van der Waals surface area contributed by atoms with Gasteiger partial charge >= 0.3 is 0 Å². The van der Waals surface area contributed by atoms with Crippen molar-refractivity contribution in [2.45, 2.75) is 38.8 Å². The van der Waals surface area contributed by atoms with Crippen LogP contribution >= 0.6 is 12.2 Å². The van der Waals surface area contributed by atoms with Crippen molar-refractivity contribution in [3.63, 3.8) is 0 Å². The smallest absolute Gasteiger partial charge is 0.224 e. The number of aryl methyl sites for hydroxylation is 1. The summed E-state index contributed by atoms with van der Waals surface area (Å²) in [5.41, 5.74) is 3.38. The lowest BCUT2D eigenvalue weighted by Gasteiger charge is -2.25. The lowest BCUT2D eigenvalue weighted by atomic mass is 10.0. The van der Waals surface area contributed by atoms with Gasteiger partial charge in [-0.1, -0.05) is 54.1 Å². The summed E-state index contributed by atoms with van der Waals surface area (Å²) in [6.07, 6.45) is 2.48. The first-order chi connectivity index (χ1) is 13.6. The molecule has 0 spiro atoms. The van der Waals surface area contributed by atoms with Gasteiger partial charge in [0, 0.05) is 25.1 Å². The van der Waals surface area contributed by atoms with Crippen molar-refractivity contribution in [1.29, 1.82) is 0 Å². The van der Waals surface area contributed by atoms with Crippen molar-refractivity contribution in [2.24, 2.45) is 0 Å². The molecule has 1 atom stereocenters. The van der Waals surface area contributed by atoms with Gasteiger partial charge < -0.3 is 4.90 Å². The monoisotopic (exact) mass is 392 g/mol. The van der Waals surface area contributed by atoms with Crippen LogP contribution < -0.4 is 0 Å². The highest BCUT2D eigenvalue weighted by Crippen LogP contribution is 2.32. The molecular formula is C22H24N4OS. The Hall–Kier alpha value is -2.73. The molecule has 144 valence electrons. The van der Waals surface area contributed by atoms with Gasteiger partial charge in [-0.25, -0.2) is 0 Å². The molecule has 3 aromatic rings. The van der Waals surface area contributed by atoms with Gasteiger partial charge in [-0.05, 0) is 43.6 Å². The zero-order valence-corrected chi connectivity index (χ0v) is 16.8. The Morgan fingerprint density at radius 3 is 2.82 bits per heavy atom. The van der Waals surface area contributed by atoms with E-state index in [4.69, 9.17) is 12.2 Å². The summed E-state index contributed by atoms with van der Waals surface area (Å²) in [6.45, 7) is 3.39. The molecule has 1 aliphatic heterocycles. The second-order valence-corrected chi connectivity index (χ2v) is 7.67. The van der Waals surface area contributed by atoms with Crippen LogP contribution in [0.4, 0.5) is 0 Å². The number of nitrogens with zero attached hydrogens (tertiary/aromatic N) is 3. The normalized spacial score (nSPS) is 16.5. The fourth-order valence-corrected chi connectivity index (χ4v) is 4.19. The second-order valence-electron chi connectivity index (χ2n) is 7.28. The van der Waals surface area contributed by atoms with E-state index in [9.17, 15) is 4.79 Å². The lowest BCUT2D eigenvalue weighted by molar-refractivity contribution is -0.132. The largest absolute Gasteiger partial charge is 0.336 e. The van der Waals surface area contributed by atoms with Gasteiger partial charge in [-0.2, -0.15) is 5.10 Å². The molecule has 1 fully saturated rings. The summed E-state index contributed by atoms with van der Waals surface area (Å²) in [4.78, 5) is 15.0. The van der Waals surface area contributed by atoms with E-state index < -0.39 is 0 Å². The van der Waals surface area contributed by atoms with Crippen molar-refractivity contribution in [1.82, 2.24) is 19.7 Å². The number of hydrogen-bond acceptors (Lipinski definition) is 3. The minimum absolute atomic E-state index is 0.171. The van der Waals surface area contributed by atoms with Crippen molar-refractivity contribution >= 4 is 18.1 Å². The lowest BCUT2D eigenvalue weighted by Crippen LogP contribution is -2.31. The van der Waals surface area contributed by atoms with E-state index in [-0.39, 0.29) is 11.9 Å². The summed E-state index contributed by atoms with van der Waals surface area (Å²) in [5, 5.41) is 7.26. The number of carbonyl (C=O) groups excluding carboxylic acids is 1. The van der Waals surface area contributed by atoms with E-state index in [0.29, 0.717) is 17.7 Å². The summed E-state index contributed by atoms with van der Waals surface area (Å²) < 4.78 is 2.47. The molecule has 1 saturated heterocycles. The number of hydrogen-bond donors (Lipinski definition) is 1. The minimum atomic E-state index is 0.171. The predicted octanol–water partition coefficient (Wildman–Crippen LogP) is 4.67. The van der Waals surface area contributed by atoms with Crippen molar-refractivity contribution in [3.8, 4) is 11.4 Å². The highest BCUT2D eigenvalue weighted by molar-refractivity contribution is 7.71.